The lowest BCUT2D eigenvalue weighted by molar-refractivity contribution is -0.206. The molecule has 1 atom stereocenters. The zero-order valence-electron chi connectivity index (χ0n) is 9.95. The molecule has 0 radical (unpaired) electrons. The summed E-state index contributed by atoms with van der Waals surface area (Å²) in [6.45, 7) is 3.41. The third kappa shape index (κ3) is 3.73. The highest BCUT2D eigenvalue weighted by Crippen LogP contribution is 2.32. The third-order valence-corrected chi connectivity index (χ3v) is 2.33. The molecule has 1 amide bonds. The number of alkyl halides is 3. The molecule has 0 heterocycles. The van der Waals surface area contributed by atoms with Crippen molar-refractivity contribution >= 4 is 11.6 Å². The van der Waals surface area contributed by atoms with Gasteiger partial charge in [0.15, 0.2) is 6.10 Å². The molecule has 0 spiro atoms. The summed E-state index contributed by atoms with van der Waals surface area (Å²) in [5.41, 5.74) is 0.136. The maximum Gasteiger partial charge on any atom is 0.418 e. The SMILES string of the molecule is CC(C)C(=O)Nc1ccc(C(O)C(F)(F)F)cc1. The van der Waals surface area contributed by atoms with E-state index in [9.17, 15) is 18.0 Å². The van der Waals surface area contributed by atoms with Crippen molar-refractivity contribution in [2.75, 3.05) is 5.32 Å². The van der Waals surface area contributed by atoms with Crippen LogP contribution < -0.4 is 5.32 Å². The van der Waals surface area contributed by atoms with E-state index in [-0.39, 0.29) is 17.4 Å². The van der Waals surface area contributed by atoms with Gasteiger partial charge in [-0.3, -0.25) is 4.79 Å². The number of rotatable bonds is 3. The van der Waals surface area contributed by atoms with Gasteiger partial charge in [0, 0.05) is 11.6 Å². The Morgan fingerprint density at radius 1 is 1.22 bits per heavy atom. The van der Waals surface area contributed by atoms with Gasteiger partial charge < -0.3 is 10.4 Å². The number of aliphatic hydroxyl groups excluding tert-OH is 1. The molecule has 1 aromatic rings. The number of anilines is 1. The summed E-state index contributed by atoms with van der Waals surface area (Å²) in [6, 6.07) is 4.91. The van der Waals surface area contributed by atoms with Crippen LogP contribution in [0.4, 0.5) is 18.9 Å². The summed E-state index contributed by atoms with van der Waals surface area (Å²) in [5.74, 6) is -0.440. The number of halogens is 3. The average molecular weight is 261 g/mol. The normalized spacial score (nSPS) is 13.5. The van der Waals surface area contributed by atoms with E-state index in [0.717, 1.165) is 12.1 Å². The van der Waals surface area contributed by atoms with E-state index in [0.29, 0.717) is 5.69 Å². The van der Waals surface area contributed by atoms with Gasteiger partial charge in [-0.15, -0.1) is 0 Å². The van der Waals surface area contributed by atoms with E-state index >= 15 is 0 Å². The minimum absolute atomic E-state index is 0.217. The maximum absolute atomic E-state index is 12.2. The van der Waals surface area contributed by atoms with E-state index < -0.39 is 12.3 Å². The van der Waals surface area contributed by atoms with E-state index in [1.807, 2.05) is 0 Å². The van der Waals surface area contributed by atoms with Crippen LogP contribution in [0.2, 0.25) is 0 Å². The van der Waals surface area contributed by atoms with Crippen molar-refractivity contribution in [1.82, 2.24) is 0 Å². The lowest BCUT2D eigenvalue weighted by Crippen LogP contribution is -2.20. The molecule has 0 saturated heterocycles. The maximum atomic E-state index is 12.2. The minimum Gasteiger partial charge on any atom is -0.379 e. The lowest BCUT2D eigenvalue weighted by Gasteiger charge is -2.15. The smallest absolute Gasteiger partial charge is 0.379 e. The van der Waals surface area contributed by atoms with E-state index in [2.05, 4.69) is 5.32 Å². The fourth-order valence-corrected chi connectivity index (χ4v) is 1.22. The van der Waals surface area contributed by atoms with E-state index in [1.165, 1.54) is 12.1 Å². The van der Waals surface area contributed by atoms with Gasteiger partial charge >= 0.3 is 6.18 Å². The first-order chi connectivity index (χ1) is 8.21. The zero-order valence-corrected chi connectivity index (χ0v) is 9.95. The van der Waals surface area contributed by atoms with Crippen LogP contribution in [0.1, 0.15) is 25.5 Å². The lowest BCUT2D eigenvalue weighted by atomic mass is 10.1. The monoisotopic (exact) mass is 261 g/mol. The van der Waals surface area contributed by atoms with Gasteiger partial charge in [0.1, 0.15) is 0 Å². The summed E-state index contributed by atoms with van der Waals surface area (Å²) >= 11 is 0. The van der Waals surface area contributed by atoms with E-state index in [1.54, 1.807) is 13.8 Å². The Morgan fingerprint density at radius 3 is 2.11 bits per heavy atom. The third-order valence-electron chi connectivity index (χ3n) is 2.33. The van der Waals surface area contributed by atoms with Crippen molar-refractivity contribution in [3.05, 3.63) is 29.8 Å². The summed E-state index contributed by atoms with van der Waals surface area (Å²) in [7, 11) is 0. The van der Waals surface area contributed by atoms with Crippen LogP contribution in [0.25, 0.3) is 0 Å². The quantitative estimate of drug-likeness (QED) is 0.879. The number of amides is 1. The largest absolute Gasteiger partial charge is 0.418 e. The molecule has 0 aliphatic carbocycles. The molecule has 1 aromatic carbocycles. The van der Waals surface area contributed by atoms with Crippen molar-refractivity contribution in [3.63, 3.8) is 0 Å². The number of aliphatic hydroxyl groups is 1. The molecule has 6 heteroatoms. The molecule has 0 aliphatic rings. The van der Waals surface area contributed by atoms with Crippen LogP contribution in [0.3, 0.4) is 0 Å². The van der Waals surface area contributed by atoms with Crippen molar-refractivity contribution in [3.8, 4) is 0 Å². The highest BCUT2D eigenvalue weighted by atomic mass is 19.4. The van der Waals surface area contributed by atoms with Gasteiger partial charge in [0.2, 0.25) is 5.91 Å². The second-order valence-electron chi connectivity index (χ2n) is 4.21. The number of hydrogen-bond acceptors (Lipinski definition) is 2. The van der Waals surface area contributed by atoms with Crippen LogP contribution in [-0.4, -0.2) is 17.2 Å². The molecule has 0 aliphatic heterocycles. The summed E-state index contributed by atoms with van der Waals surface area (Å²) < 4.78 is 36.7. The summed E-state index contributed by atoms with van der Waals surface area (Å²) in [5, 5.41) is 11.6. The molecular formula is C12H14F3NO2. The van der Waals surface area contributed by atoms with Crippen molar-refractivity contribution < 1.29 is 23.1 Å². The average Bonchev–Trinajstić information content (AvgIpc) is 2.27. The highest BCUT2D eigenvalue weighted by molar-refractivity contribution is 5.92. The fraction of sp³-hybridized carbons (Fsp3) is 0.417. The molecule has 3 nitrogen and oxygen atoms in total. The van der Waals surface area contributed by atoms with Crippen LogP contribution >= 0.6 is 0 Å². The number of carbonyl (C=O) groups excluding carboxylic acids is 1. The Labute approximate surface area is 103 Å². The molecule has 0 fully saturated rings. The number of carbonyl (C=O) groups is 1. The van der Waals surface area contributed by atoms with Crippen LogP contribution in [-0.2, 0) is 4.79 Å². The second kappa shape index (κ2) is 5.39. The Hall–Kier alpha value is -1.56. The predicted molar refractivity (Wildman–Crippen MR) is 60.9 cm³/mol. The minimum atomic E-state index is -4.69. The first-order valence-corrected chi connectivity index (χ1v) is 5.37. The molecule has 0 aromatic heterocycles. The predicted octanol–water partition coefficient (Wildman–Crippen LogP) is 2.88. The van der Waals surface area contributed by atoms with E-state index in [4.69, 9.17) is 5.11 Å². The van der Waals surface area contributed by atoms with Gasteiger partial charge in [-0.1, -0.05) is 26.0 Å². The van der Waals surface area contributed by atoms with Crippen LogP contribution in [0, 0.1) is 5.92 Å². The zero-order chi connectivity index (χ0) is 13.9. The topological polar surface area (TPSA) is 49.3 Å². The summed E-state index contributed by atoms with van der Waals surface area (Å²) in [6.07, 6.45) is -7.20. The van der Waals surface area contributed by atoms with Gasteiger partial charge in [0.25, 0.3) is 0 Å². The highest BCUT2D eigenvalue weighted by Gasteiger charge is 2.39. The first-order valence-electron chi connectivity index (χ1n) is 5.37. The molecule has 18 heavy (non-hydrogen) atoms. The van der Waals surface area contributed by atoms with Crippen LogP contribution in [0.5, 0.6) is 0 Å². The van der Waals surface area contributed by atoms with Crippen molar-refractivity contribution in [2.24, 2.45) is 5.92 Å². The Bertz CT molecular complexity index is 412. The van der Waals surface area contributed by atoms with Gasteiger partial charge in [-0.05, 0) is 17.7 Å². The van der Waals surface area contributed by atoms with Gasteiger partial charge in [-0.25, -0.2) is 0 Å². The molecule has 0 saturated carbocycles. The number of nitrogens with one attached hydrogen (secondary N) is 1. The molecule has 100 valence electrons. The van der Waals surface area contributed by atoms with Gasteiger partial charge in [-0.2, -0.15) is 13.2 Å². The number of benzene rings is 1. The molecular weight excluding hydrogens is 247 g/mol. The second-order valence-corrected chi connectivity index (χ2v) is 4.21. The molecule has 0 bridgehead atoms. The first kappa shape index (κ1) is 14.5. The Balaban J connectivity index is 2.78. The Kier molecular flexibility index (Phi) is 4.34. The van der Waals surface area contributed by atoms with Crippen LogP contribution in [0.15, 0.2) is 24.3 Å². The summed E-state index contributed by atoms with van der Waals surface area (Å²) in [4.78, 5) is 11.3. The molecule has 2 N–H and O–H groups in total. The Morgan fingerprint density at radius 2 is 1.72 bits per heavy atom. The van der Waals surface area contributed by atoms with Crippen molar-refractivity contribution in [1.29, 1.82) is 0 Å². The standard InChI is InChI=1S/C12H14F3NO2/c1-7(2)11(18)16-9-5-3-8(4-6-9)10(17)12(13,14)15/h3-7,10,17H,1-2H3,(H,16,18). The fourth-order valence-electron chi connectivity index (χ4n) is 1.22. The number of hydrogen-bond donors (Lipinski definition) is 2. The molecule has 1 rings (SSSR count). The van der Waals surface area contributed by atoms with Gasteiger partial charge in [0.05, 0.1) is 0 Å². The van der Waals surface area contributed by atoms with Crippen molar-refractivity contribution in [2.45, 2.75) is 26.1 Å². The molecule has 1 unspecified atom stereocenters.